The lowest BCUT2D eigenvalue weighted by Gasteiger charge is -2.01. The lowest BCUT2D eigenvalue weighted by Crippen LogP contribution is -2.26. The third kappa shape index (κ3) is 7.87. The van der Waals surface area contributed by atoms with Crippen molar-refractivity contribution in [3.8, 4) is 0 Å². The SMILES string of the molecule is CS(=O)(=O)CCCNC(=O)CS. The summed E-state index contributed by atoms with van der Waals surface area (Å²) in [6.07, 6.45) is 1.63. The van der Waals surface area contributed by atoms with Gasteiger partial charge in [-0.15, -0.1) is 0 Å². The number of carbonyl (C=O) groups excluding carboxylic acids is 1. The average molecular weight is 211 g/mol. The Morgan fingerprint density at radius 3 is 2.50 bits per heavy atom. The van der Waals surface area contributed by atoms with Crippen molar-refractivity contribution in [1.29, 1.82) is 0 Å². The van der Waals surface area contributed by atoms with Crippen LogP contribution in [0.5, 0.6) is 0 Å². The molecule has 0 saturated carbocycles. The van der Waals surface area contributed by atoms with E-state index >= 15 is 0 Å². The summed E-state index contributed by atoms with van der Waals surface area (Å²) < 4.78 is 21.2. The molecule has 0 aliphatic heterocycles. The second-order valence-corrected chi connectivity index (χ2v) is 5.07. The van der Waals surface area contributed by atoms with E-state index in [4.69, 9.17) is 0 Å². The normalized spacial score (nSPS) is 11.2. The topological polar surface area (TPSA) is 63.2 Å². The van der Waals surface area contributed by atoms with Crippen LogP contribution in [-0.2, 0) is 14.6 Å². The molecule has 0 bridgehead atoms. The first-order chi connectivity index (χ1) is 5.45. The highest BCUT2D eigenvalue weighted by molar-refractivity contribution is 7.90. The second-order valence-electron chi connectivity index (χ2n) is 2.49. The molecular weight excluding hydrogens is 198 g/mol. The van der Waals surface area contributed by atoms with Crippen molar-refractivity contribution in [2.45, 2.75) is 6.42 Å². The van der Waals surface area contributed by atoms with Crippen molar-refractivity contribution in [2.24, 2.45) is 0 Å². The van der Waals surface area contributed by atoms with E-state index in [-0.39, 0.29) is 17.4 Å². The lowest BCUT2D eigenvalue weighted by molar-refractivity contribution is -0.118. The monoisotopic (exact) mass is 211 g/mol. The number of carbonyl (C=O) groups is 1. The van der Waals surface area contributed by atoms with Gasteiger partial charge in [-0.1, -0.05) is 0 Å². The Morgan fingerprint density at radius 1 is 1.50 bits per heavy atom. The molecule has 0 saturated heterocycles. The van der Waals surface area contributed by atoms with Crippen molar-refractivity contribution in [2.75, 3.05) is 24.3 Å². The summed E-state index contributed by atoms with van der Waals surface area (Å²) in [5, 5.41) is 2.53. The van der Waals surface area contributed by atoms with Crippen LogP contribution in [0.15, 0.2) is 0 Å². The Balaban J connectivity index is 3.40. The van der Waals surface area contributed by atoms with E-state index < -0.39 is 9.84 Å². The molecule has 0 rings (SSSR count). The van der Waals surface area contributed by atoms with Gasteiger partial charge in [-0.25, -0.2) is 8.42 Å². The summed E-state index contributed by atoms with van der Waals surface area (Å²) in [6, 6.07) is 0. The van der Waals surface area contributed by atoms with Gasteiger partial charge in [-0.2, -0.15) is 12.6 Å². The summed E-state index contributed by atoms with van der Waals surface area (Å²) in [6.45, 7) is 0.395. The summed E-state index contributed by atoms with van der Waals surface area (Å²) in [5.74, 6) is 0.0745. The maximum Gasteiger partial charge on any atom is 0.229 e. The predicted octanol–water partition coefficient (Wildman–Crippen LogP) is -0.533. The van der Waals surface area contributed by atoms with Crippen molar-refractivity contribution in [3.05, 3.63) is 0 Å². The molecule has 0 aliphatic carbocycles. The standard InChI is InChI=1S/C6H13NO3S2/c1-12(9,10)4-2-3-7-6(8)5-11/h11H,2-5H2,1H3,(H,7,8). The van der Waals surface area contributed by atoms with Gasteiger partial charge in [0.25, 0.3) is 0 Å². The molecule has 4 nitrogen and oxygen atoms in total. The van der Waals surface area contributed by atoms with Crippen LogP contribution in [0.3, 0.4) is 0 Å². The lowest BCUT2D eigenvalue weighted by atomic mass is 10.5. The Labute approximate surface area is 78.1 Å². The van der Waals surface area contributed by atoms with Crippen molar-refractivity contribution < 1.29 is 13.2 Å². The Bertz CT molecular complexity index is 235. The van der Waals surface area contributed by atoms with Gasteiger partial charge >= 0.3 is 0 Å². The predicted molar refractivity (Wildman–Crippen MR) is 51.2 cm³/mol. The summed E-state index contributed by atoms with van der Waals surface area (Å²) in [4.78, 5) is 10.6. The van der Waals surface area contributed by atoms with Gasteiger partial charge in [0.1, 0.15) is 9.84 Å². The maximum atomic E-state index is 10.6. The fourth-order valence-electron chi connectivity index (χ4n) is 0.618. The summed E-state index contributed by atoms with van der Waals surface area (Å²) in [7, 11) is -2.90. The van der Waals surface area contributed by atoms with Gasteiger partial charge < -0.3 is 5.32 Å². The fourth-order valence-corrected chi connectivity index (χ4v) is 1.40. The molecule has 0 aromatic carbocycles. The molecule has 0 fully saturated rings. The minimum atomic E-state index is -2.90. The number of sulfone groups is 1. The molecule has 0 atom stereocenters. The molecule has 0 spiro atoms. The van der Waals surface area contributed by atoms with E-state index in [1.165, 1.54) is 6.26 Å². The number of thiol groups is 1. The molecule has 1 N–H and O–H groups in total. The van der Waals surface area contributed by atoms with Gasteiger partial charge in [-0.3, -0.25) is 4.79 Å². The Morgan fingerprint density at radius 2 is 2.08 bits per heavy atom. The number of amides is 1. The average Bonchev–Trinajstić information content (AvgIpc) is 1.96. The molecule has 0 aromatic heterocycles. The molecule has 72 valence electrons. The highest BCUT2D eigenvalue weighted by Gasteiger charge is 2.01. The minimum absolute atomic E-state index is 0.111. The number of hydrogen-bond donors (Lipinski definition) is 2. The van der Waals surface area contributed by atoms with Gasteiger partial charge in [0.05, 0.1) is 11.5 Å². The molecule has 0 radical (unpaired) electrons. The van der Waals surface area contributed by atoms with Crippen LogP contribution in [0.4, 0.5) is 0 Å². The maximum absolute atomic E-state index is 10.6. The number of hydrogen-bond acceptors (Lipinski definition) is 4. The largest absolute Gasteiger partial charge is 0.355 e. The molecular formula is C6H13NO3S2. The smallest absolute Gasteiger partial charge is 0.229 e. The van der Waals surface area contributed by atoms with E-state index in [2.05, 4.69) is 17.9 Å². The molecule has 0 aromatic rings. The second kappa shape index (κ2) is 5.42. The zero-order valence-corrected chi connectivity index (χ0v) is 8.62. The van der Waals surface area contributed by atoms with E-state index in [1.807, 2.05) is 0 Å². The highest BCUT2D eigenvalue weighted by atomic mass is 32.2. The quantitative estimate of drug-likeness (QED) is 0.474. The first-order valence-electron chi connectivity index (χ1n) is 3.51. The zero-order valence-electron chi connectivity index (χ0n) is 6.91. The molecule has 0 heterocycles. The van der Waals surface area contributed by atoms with E-state index in [1.54, 1.807) is 0 Å². The highest BCUT2D eigenvalue weighted by Crippen LogP contribution is 1.86. The van der Waals surface area contributed by atoms with Crippen molar-refractivity contribution in [3.63, 3.8) is 0 Å². The van der Waals surface area contributed by atoms with Gasteiger partial charge in [0, 0.05) is 12.8 Å². The van der Waals surface area contributed by atoms with Gasteiger partial charge in [0.2, 0.25) is 5.91 Å². The number of rotatable bonds is 5. The first kappa shape index (κ1) is 11.8. The van der Waals surface area contributed by atoms with Crippen LogP contribution in [0.2, 0.25) is 0 Å². The Kier molecular flexibility index (Phi) is 5.32. The van der Waals surface area contributed by atoms with E-state index in [0.717, 1.165) is 0 Å². The van der Waals surface area contributed by atoms with Crippen LogP contribution in [0, 0.1) is 0 Å². The van der Waals surface area contributed by atoms with Crippen LogP contribution in [0.25, 0.3) is 0 Å². The minimum Gasteiger partial charge on any atom is -0.355 e. The molecule has 0 aliphatic rings. The first-order valence-corrected chi connectivity index (χ1v) is 6.20. The molecule has 12 heavy (non-hydrogen) atoms. The van der Waals surface area contributed by atoms with Crippen LogP contribution < -0.4 is 5.32 Å². The third-order valence-electron chi connectivity index (χ3n) is 1.16. The molecule has 6 heteroatoms. The Hall–Kier alpha value is -0.230. The fraction of sp³-hybridized carbons (Fsp3) is 0.833. The van der Waals surface area contributed by atoms with Gasteiger partial charge in [-0.05, 0) is 6.42 Å². The van der Waals surface area contributed by atoms with Crippen molar-refractivity contribution >= 4 is 28.4 Å². The van der Waals surface area contributed by atoms with Crippen LogP contribution in [0.1, 0.15) is 6.42 Å². The van der Waals surface area contributed by atoms with Crippen LogP contribution >= 0.6 is 12.6 Å². The van der Waals surface area contributed by atoms with Crippen LogP contribution in [-0.4, -0.2) is 38.6 Å². The molecule has 1 amide bonds. The van der Waals surface area contributed by atoms with Gasteiger partial charge in [0.15, 0.2) is 0 Å². The summed E-state index contributed by atoms with van der Waals surface area (Å²) >= 11 is 3.74. The summed E-state index contributed by atoms with van der Waals surface area (Å²) in [5.41, 5.74) is 0. The molecule has 0 unspecified atom stereocenters. The van der Waals surface area contributed by atoms with E-state index in [9.17, 15) is 13.2 Å². The zero-order chi connectivity index (χ0) is 9.61. The van der Waals surface area contributed by atoms with Crippen molar-refractivity contribution in [1.82, 2.24) is 5.32 Å². The number of nitrogens with one attached hydrogen (secondary N) is 1. The van der Waals surface area contributed by atoms with E-state index in [0.29, 0.717) is 13.0 Å². The third-order valence-corrected chi connectivity index (χ3v) is 2.48.